The van der Waals surface area contributed by atoms with E-state index in [-0.39, 0.29) is 58.6 Å². The molecule has 1 aliphatic heterocycles. The van der Waals surface area contributed by atoms with Gasteiger partial charge < -0.3 is 35.5 Å². The van der Waals surface area contributed by atoms with Crippen molar-refractivity contribution in [3.05, 3.63) is 89.5 Å². The third kappa shape index (κ3) is 15.6. The van der Waals surface area contributed by atoms with E-state index in [1.165, 1.54) is 17.3 Å². The highest BCUT2D eigenvalue weighted by atomic mass is 32.2. The first-order valence-corrected chi connectivity index (χ1v) is 20.3. The maximum atomic E-state index is 13.6. The van der Waals surface area contributed by atoms with E-state index in [0.717, 1.165) is 21.9 Å². The fourth-order valence-electron chi connectivity index (χ4n) is 5.62. The summed E-state index contributed by atoms with van der Waals surface area (Å²) in [7, 11) is -3.85. The number of aromatic nitrogens is 1. The lowest BCUT2D eigenvalue weighted by Crippen LogP contribution is -2.54. The van der Waals surface area contributed by atoms with Crippen LogP contribution >= 0.6 is 0 Å². The number of carbonyl (C=O) groups is 5. The number of amides is 4. The van der Waals surface area contributed by atoms with Gasteiger partial charge in [-0.3, -0.25) is 24.2 Å². The molecule has 57 heavy (non-hydrogen) atoms. The first-order chi connectivity index (χ1) is 27.1. The molecule has 0 saturated carbocycles. The number of pyridine rings is 1. The zero-order valence-electron chi connectivity index (χ0n) is 32.7. The summed E-state index contributed by atoms with van der Waals surface area (Å²) in [5.74, 6) is -2.57. The molecule has 0 spiro atoms. The number of para-hydroxylation sites is 1. The summed E-state index contributed by atoms with van der Waals surface area (Å²) in [6.45, 7) is 6.91. The van der Waals surface area contributed by atoms with Crippen molar-refractivity contribution in [2.75, 3.05) is 32.8 Å². The molecule has 2 aromatic carbocycles. The molecule has 17 heteroatoms. The van der Waals surface area contributed by atoms with Crippen LogP contribution in [0.3, 0.4) is 0 Å². The predicted molar refractivity (Wildman–Crippen MR) is 212 cm³/mol. The van der Waals surface area contributed by atoms with Crippen molar-refractivity contribution in [2.24, 2.45) is 0 Å². The Morgan fingerprint density at radius 1 is 0.895 bits per heavy atom. The SMILES string of the molecule is C[C@H](NC(=O)OCc1ccccc1)C(=O)N[C@@H](CCc1ccc2ccccc2n1)C(=O)NCC(=O)N[C@H](/C=C/S(=O)(=O)N1CCOCC1)CCC(=O)OC(C)(C)C. The van der Waals surface area contributed by atoms with Gasteiger partial charge in [-0.15, -0.1) is 0 Å². The van der Waals surface area contributed by atoms with Crippen LogP contribution in [0.5, 0.6) is 0 Å². The van der Waals surface area contributed by atoms with Crippen LogP contribution in [-0.2, 0) is 56.4 Å². The zero-order valence-corrected chi connectivity index (χ0v) is 33.5. The summed E-state index contributed by atoms with van der Waals surface area (Å²) in [5, 5.41) is 12.3. The number of nitrogens with zero attached hydrogens (tertiary/aromatic N) is 2. The zero-order chi connectivity index (χ0) is 41.4. The summed E-state index contributed by atoms with van der Waals surface area (Å²) in [6.07, 6.45) is 0.724. The normalized spacial score (nSPS) is 15.2. The number of hydrogen-bond acceptors (Lipinski definition) is 11. The molecule has 308 valence electrons. The summed E-state index contributed by atoms with van der Waals surface area (Å²) in [5.41, 5.74) is 1.44. The molecule has 1 fully saturated rings. The fraction of sp³-hybridized carbons (Fsp3) is 0.450. The number of fused-ring (bicyclic) bond motifs is 1. The molecule has 16 nitrogen and oxygen atoms in total. The van der Waals surface area contributed by atoms with Crippen LogP contribution < -0.4 is 21.3 Å². The minimum absolute atomic E-state index is 0.00575. The van der Waals surface area contributed by atoms with Crippen molar-refractivity contribution in [1.82, 2.24) is 30.6 Å². The van der Waals surface area contributed by atoms with E-state index in [9.17, 15) is 32.4 Å². The number of rotatable bonds is 18. The topological polar surface area (TPSA) is 211 Å². The molecule has 4 amide bonds. The maximum Gasteiger partial charge on any atom is 0.408 e. The Labute approximate surface area is 333 Å². The van der Waals surface area contributed by atoms with Crippen LogP contribution in [0.4, 0.5) is 4.79 Å². The molecule has 3 atom stereocenters. The lowest BCUT2D eigenvalue weighted by Gasteiger charge is -2.25. The number of nitrogens with one attached hydrogen (secondary N) is 4. The van der Waals surface area contributed by atoms with E-state index < -0.39 is 70.1 Å². The average molecular weight is 809 g/mol. The molecule has 4 rings (SSSR count). The van der Waals surface area contributed by atoms with Gasteiger partial charge in [-0.2, -0.15) is 4.31 Å². The van der Waals surface area contributed by atoms with Crippen LogP contribution in [0, 0.1) is 0 Å². The maximum absolute atomic E-state index is 13.6. The Kier molecular flexibility index (Phi) is 16.5. The molecule has 1 aliphatic rings. The largest absolute Gasteiger partial charge is 0.460 e. The average Bonchev–Trinajstić information content (AvgIpc) is 3.18. The van der Waals surface area contributed by atoms with Gasteiger partial charge in [-0.05, 0) is 70.7 Å². The Morgan fingerprint density at radius 3 is 2.32 bits per heavy atom. The third-order valence-corrected chi connectivity index (χ3v) is 10.2. The highest BCUT2D eigenvalue weighted by molar-refractivity contribution is 7.92. The number of sulfonamides is 1. The first-order valence-electron chi connectivity index (χ1n) is 18.8. The highest BCUT2D eigenvalue weighted by Gasteiger charge is 2.27. The molecule has 0 aliphatic carbocycles. The minimum atomic E-state index is -3.85. The Bertz CT molecular complexity index is 1980. The number of aryl methyl sites for hydroxylation is 1. The van der Waals surface area contributed by atoms with Crippen molar-refractivity contribution < 1.29 is 46.6 Å². The number of benzene rings is 2. The summed E-state index contributed by atoms with van der Waals surface area (Å²) >= 11 is 0. The lowest BCUT2D eigenvalue weighted by molar-refractivity contribution is -0.155. The van der Waals surface area contributed by atoms with Crippen LogP contribution in [0.1, 0.15) is 58.2 Å². The number of carbonyl (C=O) groups excluding carboxylic acids is 5. The van der Waals surface area contributed by atoms with Crippen LogP contribution in [0.15, 0.2) is 78.2 Å². The molecular formula is C40H52N6O10S. The molecule has 3 aromatic rings. The molecule has 1 saturated heterocycles. The summed E-state index contributed by atoms with van der Waals surface area (Å²) in [6, 6.07) is 17.1. The van der Waals surface area contributed by atoms with Crippen molar-refractivity contribution >= 4 is 50.7 Å². The predicted octanol–water partition coefficient (Wildman–Crippen LogP) is 2.87. The van der Waals surface area contributed by atoms with Gasteiger partial charge in [-0.25, -0.2) is 13.2 Å². The smallest absolute Gasteiger partial charge is 0.408 e. The standard InChI is InChI=1S/C40H52N6O10S/c1-28(42-39(51)55-27-29-10-6-5-7-11-29)37(49)45-34(18-16-31-15-14-30-12-8-9-13-33(30)43-31)38(50)41-26-35(47)44-32(17-19-36(48)56-40(2,3)4)20-25-57(52,53)46-21-23-54-24-22-46/h5-15,20,25,28,32,34H,16-19,21-24,26-27H2,1-4H3,(H,41,50)(H,42,51)(H,44,47)(H,45,49)/b25-20+/t28-,32-,34-/m0/s1. The molecule has 0 unspecified atom stereocenters. The highest BCUT2D eigenvalue weighted by Crippen LogP contribution is 2.15. The van der Waals surface area contributed by atoms with Crippen LogP contribution in [0.25, 0.3) is 10.9 Å². The molecule has 0 radical (unpaired) electrons. The van der Waals surface area contributed by atoms with E-state index in [2.05, 4.69) is 26.3 Å². The summed E-state index contributed by atoms with van der Waals surface area (Å²) < 4.78 is 43.0. The number of alkyl carbamates (subject to hydrolysis) is 1. The molecule has 1 aromatic heterocycles. The van der Waals surface area contributed by atoms with E-state index in [0.29, 0.717) is 5.69 Å². The van der Waals surface area contributed by atoms with E-state index >= 15 is 0 Å². The first kappa shape index (κ1) is 44.3. The van der Waals surface area contributed by atoms with Crippen molar-refractivity contribution in [3.63, 3.8) is 0 Å². The van der Waals surface area contributed by atoms with Crippen molar-refractivity contribution in [3.8, 4) is 0 Å². The van der Waals surface area contributed by atoms with Gasteiger partial charge in [-0.1, -0.05) is 54.6 Å². The van der Waals surface area contributed by atoms with Gasteiger partial charge in [0.05, 0.1) is 25.3 Å². The molecule has 0 bridgehead atoms. The second kappa shape index (κ2) is 21.2. The second-order valence-electron chi connectivity index (χ2n) is 14.4. The number of hydrogen-bond donors (Lipinski definition) is 4. The fourth-order valence-corrected chi connectivity index (χ4v) is 6.84. The molecular weight excluding hydrogens is 757 g/mol. The van der Waals surface area contributed by atoms with Gasteiger partial charge in [0, 0.05) is 42.0 Å². The Morgan fingerprint density at radius 2 is 1.60 bits per heavy atom. The number of esters is 1. The van der Waals surface area contributed by atoms with Gasteiger partial charge in [0.2, 0.25) is 27.7 Å². The Balaban J connectivity index is 1.41. The summed E-state index contributed by atoms with van der Waals surface area (Å²) in [4.78, 5) is 69.6. The Hall–Kier alpha value is -5.39. The van der Waals surface area contributed by atoms with Crippen molar-refractivity contribution in [1.29, 1.82) is 0 Å². The molecule has 2 heterocycles. The van der Waals surface area contributed by atoms with E-state index in [4.69, 9.17) is 14.2 Å². The quantitative estimate of drug-likeness (QED) is 0.137. The monoisotopic (exact) mass is 808 g/mol. The third-order valence-electron chi connectivity index (χ3n) is 8.58. The second-order valence-corrected chi connectivity index (χ2v) is 16.2. The minimum Gasteiger partial charge on any atom is -0.460 e. The molecule has 4 N–H and O–H groups in total. The lowest BCUT2D eigenvalue weighted by atomic mass is 10.1. The van der Waals surface area contributed by atoms with E-state index in [1.54, 1.807) is 45.0 Å². The van der Waals surface area contributed by atoms with Gasteiger partial charge in [0.15, 0.2) is 0 Å². The number of morpholine rings is 1. The van der Waals surface area contributed by atoms with Gasteiger partial charge >= 0.3 is 12.1 Å². The number of ether oxygens (including phenoxy) is 3. The van der Waals surface area contributed by atoms with Crippen molar-refractivity contribution in [2.45, 2.75) is 83.7 Å². The van der Waals surface area contributed by atoms with E-state index in [1.807, 2.05) is 42.5 Å². The van der Waals surface area contributed by atoms with Gasteiger partial charge in [0.1, 0.15) is 24.3 Å². The van der Waals surface area contributed by atoms with Gasteiger partial charge in [0.25, 0.3) is 0 Å². The van der Waals surface area contributed by atoms with Crippen LogP contribution in [-0.4, -0.2) is 104 Å². The van der Waals surface area contributed by atoms with Crippen LogP contribution in [0.2, 0.25) is 0 Å².